The lowest BCUT2D eigenvalue weighted by molar-refractivity contribution is -0.142. The van der Waals surface area contributed by atoms with E-state index >= 15 is 0 Å². The largest absolute Gasteiger partial charge is 0.491 e. The first-order chi connectivity index (χ1) is 19.9. The van der Waals surface area contributed by atoms with Crippen molar-refractivity contribution in [1.29, 1.82) is 0 Å². The first-order valence-electron chi connectivity index (χ1n) is 13.6. The van der Waals surface area contributed by atoms with E-state index < -0.39 is 16.1 Å². The van der Waals surface area contributed by atoms with Crippen molar-refractivity contribution in [1.82, 2.24) is 4.98 Å². The molecule has 224 valence electrons. The van der Waals surface area contributed by atoms with Crippen LogP contribution in [-0.4, -0.2) is 48.9 Å². The van der Waals surface area contributed by atoms with Gasteiger partial charge in [-0.25, -0.2) is 4.79 Å². The Kier molecular flexibility index (Phi) is 11.6. The minimum absolute atomic E-state index is 0.0666. The fraction of sp³-hybridized carbons (Fsp3) is 0.312. The van der Waals surface area contributed by atoms with E-state index in [9.17, 15) is 13.2 Å². The second-order valence-electron chi connectivity index (χ2n) is 10.3. The van der Waals surface area contributed by atoms with Crippen LogP contribution in [0, 0.1) is 19.8 Å². The third-order valence-electron chi connectivity index (χ3n) is 6.33. The van der Waals surface area contributed by atoms with E-state index in [4.69, 9.17) is 29.9 Å². The molecule has 0 saturated heterocycles. The minimum atomic E-state index is -4.02. The van der Waals surface area contributed by atoms with Gasteiger partial charge in [-0.15, -0.1) is 0 Å². The van der Waals surface area contributed by atoms with E-state index in [0.29, 0.717) is 18.2 Å². The molecule has 1 aromatic heterocycles. The molecule has 3 aromatic carbocycles. The molecule has 0 spiro atoms. The van der Waals surface area contributed by atoms with Crippen LogP contribution in [0.3, 0.4) is 0 Å². The van der Waals surface area contributed by atoms with Crippen molar-refractivity contribution in [3.63, 3.8) is 0 Å². The second-order valence-corrected chi connectivity index (χ2v) is 11.8. The normalized spacial score (nSPS) is 11.3. The van der Waals surface area contributed by atoms with Crippen molar-refractivity contribution in [2.45, 2.75) is 45.6 Å². The van der Waals surface area contributed by atoms with Crippen LogP contribution in [0.5, 0.6) is 5.75 Å². The Morgan fingerprint density at radius 1 is 0.952 bits per heavy atom. The summed E-state index contributed by atoms with van der Waals surface area (Å²) < 4.78 is 40.4. The highest BCUT2D eigenvalue weighted by molar-refractivity contribution is 7.85. The highest BCUT2D eigenvalue weighted by Crippen LogP contribution is 2.36. The van der Waals surface area contributed by atoms with Crippen LogP contribution in [0.15, 0.2) is 71.6 Å². The number of aliphatic carboxylic acids is 1. The first-order valence-corrected chi connectivity index (χ1v) is 15.0. The van der Waals surface area contributed by atoms with Crippen LogP contribution in [0.1, 0.15) is 36.2 Å². The zero-order valence-corrected chi connectivity index (χ0v) is 25.1. The van der Waals surface area contributed by atoms with Crippen LogP contribution in [-0.2, 0) is 32.6 Å². The zero-order valence-electron chi connectivity index (χ0n) is 24.3. The minimum Gasteiger partial charge on any atom is -0.491 e. The van der Waals surface area contributed by atoms with Crippen LogP contribution in [0.4, 0.5) is 0 Å². The van der Waals surface area contributed by atoms with Gasteiger partial charge >= 0.3 is 5.97 Å². The molecule has 0 aliphatic rings. The summed E-state index contributed by atoms with van der Waals surface area (Å²) in [6.45, 7) is 8.82. The maximum atomic E-state index is 10.5. The third-order valence-corrected chi connectivity index (χ3v) is 7.20. The van der Waals surface area contributed by atoms with E-state index in [0.717, 1.165) is 45.3 Å². The van der Waals surface area contributed by atoms with Gasteiger partial charge in [-0.2, -0.15) is 8.42 Å². The number of aromatic nitrogens is 1. The van der Waals surface area contributed by atoms with Crippen LogP contribution in [0.2, 0.25) is 0 Å². The predicted octanol–water partition coefficient (Wildman–Crippen LogP) is 5.59. The molecule has 0 atom stereocenters. The SMILES string of the molecule is Cc1ccc(-c2c(CN)c(CC(C)C)nc3ccc(OCCOCC(=O)O)cc23)cc1.Cc1ccc(S(=O)(=O)O)cc1. The molecule has 0 bridgehead atoms. The summed E-state index contributed by atoms with van der Waals surface area (Å²) in [6, 6.07) is 20.3. The highest BCUT2D eigenvalue weighted by atomic mass is 32.2. The molecule has 4 rings (SSSR count). The van der Waals surface area contributed by atoms with E-state index in [-0.39, 0.29) is 24.7 Å². The summed E-state index contributed by atoms with van der Waals surface area (Å²) in [5.41, 5.74) is 13.6. The third kappa shape index (κ3) is 9.35. The van der Waals surface area contributed by atoms with Gasteiger partial charge < -0.3 is 20.3 Å². The molecule has 10 heteroatoms. The predicted molar refractivity (Wildman–Crippen MR) is 163 cm³/mol. The molecule has 0 amide bonds. The summed E-state index contributed by atoms with van der Waals surface area (Å²) in [5.74, 6) is 0.154. The standard InChI is InChI=1S/C25H30N2O4.C7H8O3S/c1-16(2)12-23-21(14-26)25(18-6-4-17(3)5-7-18)20-13-19(8-9-22(20)27-23)31-11-10-30-15-24(28)29;1-6-2-4-7(5-3-6)11(8,9)10/h4-9,13,16H,10-12,14-15,26H2,1-3H3,(H,28,29);2-5H,1H3,(H,8,9,10). The summed E-state index contributed by atoms with van der Waals surface area (Å²) in [5, 5.41) is 9.63. The number of ether oxygens (including phenoxy) is 2. The Morgan fingerprint density at radius 3 is 2.12 bits per heavy atom. The molecule has 4 N–H and O–H groups in total. The number of carboxylic acids is 1. The smallest absolute Gasteiger partial charge is 0.329 e. The Balaban J connectivity index is 0.000000369. The number of nitrogens with two attached hydrogens (primary N) is 1. The summed E-state index contributed by atoms with van der Waals surface area (Å²) >= 11 is 0. The number of hydrogen-bond donors (Lipinski definition) is 3. The lowest BCUT2D eigenvalue weighted by Gasteiger charge is -2.18. The van der Waals surface area contributed by atoms with Crippen molar-refractivity contribution >= 4 is 27.0 Å². The fourth-order valence-corrected chi connectivity index (χ4v) is 4.82. The van der Waals surface area contributed by atoms with Gasteiger partial charge in [0.25, 0.3) is 10.1 Å². The summed E-state index contributed by atoms with van der Waals surface area (Å²) in [6.07, 6.45) is 0.862. The number of hydrogen-bond acceptors (Lipinski definition) is 7. The Labute approximate surface area is 247 Å². The van der Waals surface area contributed by atoms with Crippen molar-refractivity contribution < 1.29 is 32.3 Å². The molecule has 0 unspecified atom stereocenters. The number of aryl methyl sites for hydroxylation is 2. The Bertz CT molecular complexity index is 1600. The van der Waals surface area contributed by atoms with E-state index in [1.807, 2.05) is 25.1 Å². The Hall–Kier alpha value is -3.83. The van der Waals surface area contributed by atoms with Crippen molar-refractivity contribution in [2.24, 2.45) is 11.7 Å². The number of rotatable bonds is 11. The molecule has 4 aromatic rings. The van der Waals surface area contributed by atoms with Gasteiger partial charge in [0, 0.05) is 17.6 Å². The maximum Gasteiger partial charge on any atom is 0.329 e. The van der Waals surface area contributed by atoms with Crippen molar-refractivity contribution in [3.05, 3.63) is 89.1 Å². The average Bonchev–Trinajstić information content (AvgIpc) is 2.92. The van der Waals surface area contributed by atoms with Gasteiger partial charge in [0.2, 0.25) is 0 Å². The van der Waals surface area contributed by atoms with Crippen LogP contribution in [0.25, 0.3) is 22.0 Å². The highest BCUT2D eigenvalue weighted by Gasteiger charge is 2.17. The first kappa shape index (κ1) is 32.7. The van der Waals surface area contributed by atoms with Crippen LogP contribution < -0.4 is 10.5 Å². The van der Waals surface area contributed by atoms with Crippen LogP contribution >= 0.6 is 0 Å². The number of nitrogens with zero attached hydrogens (tertiary/aromatic N) is 1. The molecule has 42 heavy (non-hydrogen) atoms. The average molecular weight is 595 g/mol. The molecule has 9 nitrogen and oxygen atoms in total. The molecular weight excluding hydrogens is 556 g/mol. The van der Waals surface area contributed by atoms with Gasteiger partial charge in [0.15, 0.2) is 0 Å². The summed E-state index contributed by atoms with van der Waals surface area (Å²) in [7, 11) is -4.02. The van der Waals surface area contributed by atoms with E-state index in [1.54, 1.807) is 12.1 Å². The van der Waals surface area contributed by atoms with Gasteiger partial charge in [0.05, 0.1) is 17.0 Å². The monoisotopic (exact) mass is 594 g/mol. The van der Waals surface area contributed by atoms with Crippen molar-refractivity contribution in [2.75, 3.05) is 19.8 Å². The molecule has 0 fully saturated rings. The van der Waals surface area contributed by atoms with Gasteiger partial charge in [-0.05, 0) is 73.2 Å². The molecule has 0 aliphatic heterocycles. The topological polar surface area (TPSA) is 149 Å². The number of pyridine rings is 1. The van der Waals surface area contributed by atoms with E-state index in [1.165, 1.54) is 17.7 Å². The molecule has 0 aliphatic carbocycles. The van der Waals surface area contributed by atoms with Crippen molar-refractivity contribution in [3.8, 4) is 16.9 Å². The molecule has 0 radical (unpaired) electrons. The molecule has 0 saturated carbocycles. The lowest BCUT2D eigenvalue weighted by atomic mass is 9.91. The number of fused-ring (bicyclic) bond motifs is 1. The van der Waals surface area contributed by atoms with E-state index in [2.05, 4.69) is 45.0 Å². The number of carbonyl (C=O) groups is 1. The van der Waals surface area contributed by atoms with Gasteiger partial charge in [-0.3, -0.25) is 9.54 Å². The van der Waals surface area contributed by atoms with Gasteiger partial charge in [-0.1, -0.05) is 61.4 Å². The Morgan fingerprint density at radius 2 is 1.57 bits per heavy atom. The second kappa shape index (κ2) is 14.9. The number of carboxylic acid groups (broad SMARTS) is 1. The van der Waals surface area contributed by atoms with Gasteiger partial charge in [0.1, 0.15) is 19.0 Å². The fourth-order valence-electron chi connectivity index (χ4n) is 4.34. The number of benzene rings is 3. The zero-order chi connectivity index (χ0) is 30.9. The summed E-state index contributed by atoms with van der Waals surface area (Å²) in [4.78, 5) is 15.4. The quantitative estimate of drug-likeness (QED) is 0.149. The molecule has 1 heterocycles. The lowest BCUT2D eigenvalue weighted by Crippen LogP contribution is -2.12. The molecular formula is C32H38N2O7S. The maximum absolute atomic E-state index is 10.5.